The highest BCUT2D eigenvalue weighted by atomic mass is 31.2. The third kappa shape index (κ3) is 14.9. The lowest BCUT2D eigenvalue weighted by Crippen LogP contribution is -2.45. The number of benzene rings is 1. The topological polar surface area (TPSA) is 161 Å². The van der Waals surface area contributed by atoms with Crippen LogP contribution in [0.25, 0.3) is 0 Å². The van der Waals surface area contributed by atoms with E-state index >= 15 is 4.39 Å². The Hall–Kier alpha value is -4.20. The predicted molar refractivity (Wildman–Crippen MR) is 205 cm³/mol. The van der Waals surface area contributed by atoms with E-state index in [2.05, 4.69) is 72.0 Å². The lowest BCUT2D eigenvalue weighted by atomic mass is 9.93. The highest BCUT2D eigenvalue weighted by Crippen LogP contribution is 2.47. The molecule has 1 saturated heterocycles. The summed E-state index contributed by atoms with van der Waals surface area (Å²) in [6, 6.07) is 5.66. The number of carbonyl (C=O) groups excluding carboxylic acids is 1. The van der Waals surface area contributed by atoms with Gasteiger partial charge in [0.2, 0.25) is 5.91 Å². The summed E-state index contributed by atoms with van der Waals surface area (Å²) in [7, 11) is -4.29. The summed E-state index contributed by atoms with van der Waals surface area (Å²) in [5.74, 6) is -0.769. The molecule has 4 N–H and O–H groups in total. The Labute approximate surface area is 315 Å². The molecule has 3 rings (SSSR count). The zero-order valence-corrected chi connectivity index (χ0v) is 31.8. The highest BCUT2D eigenvalue weighted by molar-refractivity contribution is 7.52. The number of rotatable bonds is 24. The Morgan fingerprint density at radius 1 is 0.963 bits per heavy atom. The van der Waals surface area contributed by atoms with Crippen LogP contribution in [-0.2, 0) is 18.6 Å². The van der Waals surface area contributed by atoms with Crippen molar-refractivity contribution in [3.05, 3.63) is 124 Å². The van der Waals surface area contributed by atoms with Gasteiger partial charge >= 0.3 is 13.4 Å². The van der Waals surface area contributed by atoms with Gasteiger partial charge in [0.25, 0.3) is 5.56 Å². The minimum Gasteiger partial charge on any atom is -0.413 e. The van der Waals surface area contributed by atoms with Crippen molar-refractivity contribution in [1.82, 2.24) is 20.0 Å². The van der Waals surface area contributed by atoms with Crippen LogP contribution in [0, 0.1) is 5.82 Å². The monoisotopic (exact) mass is 774 g/mol. The summed E-state index contributed by atoms with van der Waals surface area (Å²) in [5.41, 5.74) is -4.11. The second-order valence-electron chi connectivity index (χ2n) is 12.5. The third-order valence-corrected chi connectivity index (χ3v) is 9.89. The quantitative estimate of drug-likeness (QED) is 0.0506. The first-order valence-electron chi connectivity index (χ1n) is 18.3. The molecule has 1 aromatic carbocycles. The number of ether oxygens (including phenoxy) is 1. The number of unbranched alkanes of at least 4 members (excludes halogenated alkanes) is 1. The van der Waals surface area contributed by atoms with E-state index in [0.717, 1.165) is 67.5 Å². The molecule has 1 aliphatic rings. The number of hydrogen-bond acceptors (Lipinski definition) is 8. The fraction of sp³-hybridized carbons (Fsp3) is 0.462. The molecule has 12 nitrogen and oxygen atoms in total. The molecule has 0 spiro atoms. The van der Waals surface area contributed by atoms with Crippen LogP contribution >= 0.6 is 7.75 Å². The molecule has 0 radical (unpaired) electrons. The number of halogens is 2. The number of allylic oxidation sites excluding steroid dienone is 10. The van der Waals surface area contributed by atoms with Crippen LogP contribution in [0.3, 0.4) is 0 Å². The predicted octanol–water partition coefficient (Wildman–Crippen LogP) is 6.88. The zero-order valence-electron chi connectivity index (χ0n) is 30.9. The van der Waals surface area contributed by atoms with Gasteiger partial charge in [-0.1, -0.05) is 74.6 Å². The number of carbonyl (C=O) groups is 1. The smallest absolute Gasteiger partial charge is 0.413 e. The van der Waals surface area contributed by atoms with Gasteiger partial charge in [-0.05, 0) is 75.6 Å². The van der Waals surface area contributed by atoms with E-state index < -0.39 is 55.5 Å². The van der Waals surface area contributed by atoms with Crippen LogP contribution in [0.15, 0.2) is 107 Å². The number of aromatic nitrogens is 2. The molecular weight excluding hydrogens is 721 g/mol. The number of nitrogens with one attached hydrogen (secondary N) is 3. The lowest BCUT2D eigenvalue weighted by molar-refractivity contribution is -0.121. The van der Waals surface area contributed by atoms with Crippen LogP contribution in [0.4, 0.5) is 8.78 Å². The average molecular weight is 775 g/mol. The molecule has 296 valence electrons. The van der Waals surface area contributed by atoms with Gasteiger partial charge in [0.05, 0.1) is 6.61 Å². The van der Waals surface area contributed by atoms with Crippen LogP contribution in [0.2, 0.25) is 0 Å². The molecule has 15 heteroatoms. The van der Waals surface area contributed by atoms with Crippen molar-refractivity contribution in [3.8, 4) is 5.75 Å². The van der Waals surface area contributed by atoms with Gasteiger partial charge in [-0.15, -0.1) is 0 Å². The van der Waals surface area contributed by atoms with E-state index in [1.807, 2.05) is 11.1 Å². The maximum atomic E-state index is 16.0. The van der Waals surface area contributed by atoms with Gasteiger partial charge in [0, 0.05) is 31.8 Å². The van der Waals surface area contributed by atoms with Gasteiger partial charge in [-0.2, -0.15) is 0 Å². The van der Waals surface area contributed by atoms with Crippen molar-refractivity contribution in [2.24, 2.45) is 0 Å². The molecule has 1 unspecified atom stereocenters. The van der Waals surface area contributed by atoms with Crippen molar-refractivity contribution in [2.45, 2.75) is 95.7 Å². The lowest BCUT2D eigenvalue weighted by Gasteiger charge is -2.27. The second kappa shape index (κ2) is 23.6. The summed E-state index contributed by atoms with van der Waals surface area (Å²) < 4.78 is 60.9. The normalized spacial score (nSPS) is 21.6. The SMILES string of the molecule is CC/C=C\C/C=C\C/C=C\C/C=C\C/C=C\CCCC(=O)NCCNP(=O)(OC[C@H]1O[C@@H](n2ccc(=O)[nH]c2=O)[C@@](F)(CC)[C@@H]1O)Oc1ccc(F)cc1. The summed E-state index contributed by atoms with van der Waals surface area (Å²) in [6.07, 6.45) is 23.5. The Morgan fingerprint density at radius 2 is 1.57 bits per heavy atom. The van der Waals surface area contributed by atoms with Gasteiger partial charge in [-0.3, -0.25) is 23.7 Å². The van der Waals surface area contributed by atoms with E-state index in [1.165, 1.54) is 19.1 Å². The molecule has 1 fully saturated rings. The molecule has 0 bridgehead atoms. The summed E-state index contributed by atoms with van der Waals surface area (Å²) in [6.45, 7) is 2.92. The first-order chi connectivity index (χ1) is 26.0. The van der Waals surface area contributed by atoms with Crippen LogP contribution in [0.5, 0.6) is 5.75 Å². The number of alkyl halides is 1. The molecule has 5 atom stereocenters. The Balaban J connectivity index is 1.42. The molecule has 0 saturated carbocycles. The average Bonchev–Trinajstić information content (AvgIpc) is 3.40. The van der Waals surface area contributed by atoms with Crippen molar-refractivity contribution in [3.63, 3.8) is 0 Å². The molecule has 1 aliphatic heterocycles. The maximum absolute atomic E-state index is 16.0. The molecule has 2 aromatic rings. The van der Waals surface area contributed by atoms with E-state index in [-0.39, 0.29) is 37.6 Å². The van der Waals surface area contributed by atoms with Crippen molar-refractivity contribution in [2.75, 3.05) is 19.7 Å². The third-order valence-electron chi connectivity index (χ3n) is 8.34. The van der Waals surface area contributed by atoms with Crippen LogP contribution < -0.4 is 26.2 Å². The summed E-state index contributed by atoms with van der Waals surface area (Å²) >= 11 is 0. The Morgan fingerprint density at radius 3 is 2.17 bits per heavy atom. The highest BCUT2D eigenvalue weighted by Gasteiger charge is 2.57. The van der Waals surface area contributed by atoms with Crippen molar-refractivity contribution < 1.29 is 37.0 Å². The summed E-state index contributed by atoms with van der Waals surface area (Å²) in [5, 5.41) is 16.2. The minimum atomic E-state index is -4.29. The van der Waals surface area contributed by atoms with Gasteiger partial charge < -0.3 is 19.7 Å². The van der Waals surface area contributed by atoms with Gasteiger partial charge in [0.1, 0.15) is 23.8 Å². The number of hydrogen-bond donors (Lipinski definition) is 4. The van der Waals surface area contributed by atoms with Crippen molar-refractivity contribution in [1.29, 1.82) is 0 Å². The Bertz CT molecular complexity index is 1760. The number of aliphatic hydroxyl groups excluding tert-OH is 1. The number of aromatic amines is 1. The number of H-pyrrole nitrogens is 1. The van der Waals surface area contributed by atoms with Gasteiger partial charge in [-0.25, -0.2) is 23.2 Å². The molecule has 0 aliphatic carbocycles. The van der Waals surface area contributed by atoms with E-state index in [4.69, 9.17) is 13.8 Å². The standard InChI is InChI=1S/C39H53F2N4O8P/c1-3-5-6-7-8-9-10-11-12-13-14-15-16-17-18-19-20-21-34(46)42-27-28-43-54(50,53-32-24-22-31(40)23-25-32)51-30-33-36(48)39(41,4-2)37(52-33)45-29-26-35(47)44-38(45)49/h5-6,8-9,11-12,14-15,17-18,22-26,29,33,36-37,48H,3-4,7,10,13,16,19-21,27-28,30H2,1-2H3,(H,42,46)(H,43,50)(H,44,47,49)/b6-5-,9-8-,12-11-,15-14-,18-17-/t33-,36-,37-,39-,54?/m1/s1. The van der Waals surface area contributed by atoms with Crippen molar-refractivity contribution >= 4 is 13.7 Å². The van der Waals surface area contributed by atoms with Gasteiger partial charge in [0.15, 0.2) is 11.9 Å². The Kier molecular flexibility index (Phi) is 19.3. The van der Waals surface area contributed by atoms with E-state index in [1.54, 1.807) is 0 Å². The minimum absolute atomic E-state index is 0.00901. The maximum Gasteiger partial charge on any atom is 0.458 e. The molecule has 54 heavy (non-hydrogen) atoms. The van der Waals surface area contributed by atoms with Crippen LogP contribution in [-0.4, -0.2) is 58.1 Å². The number of aliphatic hydroxyl groups is 1. The largest absolute Gasteiger partial charge is 0.458 e. The first-order valence-corrected chi connectivity index (χ1v) is 19.9. The summed E-state index contributed by atoms with van der Waals surface area (Å²) in [4.78, 5) is 38.3. The fourth-order valence-electron chi connectivity index (χ4n) is 5.37. The molecular formula is C39H53F2N4O8P. The van der Waals surface area contributed by atoms with E-state index in [0.29, 0.717) is 6.42 Å². The second-order valence-corrected chi connectivity index (χ2v) is 14.2. The zero-order chi connectivity index (χ0) is 39.2. The fourth-order valence-corrected chi connectivity index (χ4v) is 6.71. The van der Waals surface area contributed by atoms with E-state index in [9.17, 15) is 28.4 Å². The first kappa shape index (κ1) is 44.2. The molecule has 1 amide bonds. The van der Waals surface area contributed by atoms with Crippen LogP contribution in [0.1, 0.15) is 77.9 Å². The number of nitrogens with zero attached hydrogens (tertiary/aromatic N) is 1. The molecule has 2 heterocycles. The molecule has 1 aromatic heterocycles. The number of amides is 1.